The molecule has 0 radical (unpaired) electrons. The van der Waals surface area contributed by atoms with Gasteiger partial charge < -0.3 is 19.3 Å². The van der Waals surface area contributed by atoms with E-state index in [0.29, 0.717) is 12.5 Å². The Hall–Kier alpha value is -0.160. The molecule has 1 rings (SSSR count). The van der Waals surface area contributed by atoms with E-state index < -0.39 is 6.10 Å². The number of unbranched alkanes of at least 4 members (excludes halogenated alkanes) is 3. The van der Waals surface area contributed by atoms with E-state index in [1.54, 1.807) is 0 Å². The summed E-state index contributed by atoms with van der Waals surface area (Å²) in [4.78, 5) is 0. The Bertz CT molecular complexity index is 272. The number of aliphatic hydroxyl groups is 1. The van der Waals surface area contributed by atoms with Gasteiger partial charge in [-0.1, -0.05) is 40.0 Å². The van der Waals surface area contributed by atoms with Gasteiger partial charge in [0.05, 0.1) is 12.2 Å². The fourth-order valence-electron chi connectivity index (χ4n) is 3.04. The molecular weight excluding hydrogens is 292 g/mol. The maximum Gasteiger partial charge on any atom is 0.109 e. The zero-order chi connectivity index (χ0) is 16.9. The maximum absolute atomic E-state index is 10.5. The number of hydrogen-bond donors (Lipinski definition) is 1. The third-order valence-electron chi connectivity index (χ3n) is 4.52. The molecule has 1 fully saturated rings. The summed E-state index contributed by atoms with van der Waals surface area (Å²) < 4.78 is 17.8. The number of ether oxygens (including phenoxy) is 3. The minimum atomic E-state index is -0.438. The lowest BCUT2D eigenvalue weighted by Crippen LogP contribution is -2.48. The highest BCUT2D eigenvalue weighted by molar-refractivity contribution is 4.88. The molecule has 0 saturated heterocycles. The van der Waals surface area contributed by atoms with Gasteiger partial charge in [0.15, 0.2) is 0 Å². The molecule has 0 aromatic rings. The van der Waals surface area contributed by atoms with E-state index in [-0.39, 0.29) is 12.2 Å². The normalized spacial score (nSPS) is 28.2. The van der Waals surface area contributed by atoms with E-state index in [0.717, 1.165) is 71.2 Å². The van der Waals surface area contributed by atoms with Gasteiger partial charge in [-0.15, -0.1) is 0 Å². The second-order valence-electron chi connectivity index (χ2n) is 6.79. The molecule has 1 saturated carbocycles. The van der Waals surface area contributed by atoms with Crippen molar-refractivity contribution < 1.29 is 19.3 Å². The van der Waals surface area contributed by atoms with Crippen molar-refractivity contribution in [3.8, 4) is 0 Å². The molecule has 4 heteroatoms. The summed E-state index contributed by atoms with van der Waals surface area (Å²) >= 11 is 0. The molecule has 4 atom stereocenters. The van der Waals surface area contributed by atoms with Crippen molar-refractivity contribution in [1.82, 2.24) is 0 Å². The summed E-state index contributed by atoms with van der Waals surface area (Å²) in [5.41, 5.74) is 0. The molecule has 0 heterocycles. The first-order valence-corrected chi connectivity index (χ1v) is 9.71. The monoisotopic (exact) mass is 330 g/mol. The predicted octanol–water partition coefficient (Wildman–Crippen LogP) is 3.94. The highest BCUT2D eigenvalue weighted by Gasteiger charge is 2.38. The van der Waals surface area contributed by atoms with Crippen LogP contribution in [-0.2, 0) is 14.2 Å². The first-order chi connectivity index (χ1) is 11.2. The summed E-state index contributed by atoms with van der Waals surface area (Å²) in [6.07, 6.45) is 7.68. The van der Waals surface area contributed by atoms with Crippen LogP contribution in [0.2, 0.25) is 0 Å². The van der Waals surface area contributed by atoms with Gasteiger partial charge in [-0.3, -0.25) is 0 Å². The quantitative estimate of drug-likeness (QED) is 0.520. The Morgan fingerprint density at radius 2 is 1.43 bits per heavy atom. The van der Waals surface area contributed by atoms with Crippen molar-refractivity contribution in [2.75, 3.05) is 26.4 Å². The van der Waals surface area contributed by atoms with E-state index in [4.69, 9.17) is 14.2 Å². The number of aliphatic hydroxyl groups excluding tert-OH is 1. The van der Waals surface area contributed by atoms with Crippen molar-refractivity contribution in [1.29, 1.82) is 0 Å². The van der Waals surface area contributed by atoms with Crippen molar-refractivity contribution in [3.05, 3.63) is 0 Å². The Morgan fingerprint density at radius 1 is 0.826 bits per heavy atom. The maximum atomic E-state index is 10.5. The average Bonchev–Trinajstić information content (AvgIpc) is 2.54. The summed E-state index contributed by atoms with van der Waals surface area (Å²) in [6, 6.07) is 0. The van der Waals surface area contributed by atoms with Crippen molar-refractivity contribution in [2.45, 2.75) is 90.4 Å². The molecule has 1 aliphatic carbocycles. The molecule has 0 bridgehead atoms. The topological polar surface area (TPSA) is 47.9 Å². The Labute approximate surface area is 142 Å². The van der Waals surface area contributed by atoms with Gasteiger partial charge in [-0.25, -0.2) is 0 Å². The molecule has 0 unspecified atom stereocenters. The first kappa shape index (κ1) is 20.9. The van der Waals surface area contributed by atoms with Crippen LogP contribution >= 0.6 is 0 Å². The molecular formula is C19H38O4. The summed E-state index contributed by atoms with van der Waals surface area (Å²) in [5, 5.41) is 10.5. The van der Waals surface area contributed by atoms with E-state index in [2.05, 4.69) is 20.8 Å². The van der Waals surface area contributed by atoms with Crippen LogP contribution in [0.3, 0.4) is 0 Å². The smallest absolute Gasteiger partial charge is 0.109 e. The second-order valence-corrected chi connectivity index (χ2v) is 6.79. The second kappa shape index (κ2) is 13.2. The SMILES string of the molecule is CCCCOC[C@H]1C[C@@H](O)[C@H](OCCCC)[C@@H](OCCCC)C1. The zero-order valence-corrected chi connectivity index (χ0v) is 15.5. The van der Waals surface area contributed by atoms with Gasteiger partial charge in [-0.2, -0.15) is 0 Å². The molecule has 1 aliphatic rings. The van der Waals surface area contributed by atoms with Crippen LogP contribution in [0.15, 0.2) is 0 Å². The number of rotatable bonds is 13. The fourth-order valence-corrected chi connectivity index (χ4v) is 3.04. The van der Waals surface area contributed by atoms with E-state index >= 15 is 0 Å². The van der Waals surface area contributed by atoms with Crippen LogP contribution in [-0.4, -0.2) is 49.8 Å². The average molecular weight is 331 g/mol. The molecule has 0 amide bonds. The standard InChI is InChI=1S/C19H38O4/c1-4-7-10-21-15-16-13-17(20)19(23-12-9-6-3)18(14-16)22-11-8-5-2/h16-20H,4-15H2,1-3H3/t16-,17+,18-,19-/m0/s1. The number of hydrogen-bond acceptors (Lipinski definition) is 4. The van der Waals surface area contributed by atoms with Gasteiger partial charge in [0.2, 0.25) is 0 Å². The largest absolute Gasteiger partial charge is 0.390 e. The lowest BCUT2D eigenvalue weighted by atomic mass is 9.83. The van der Waals surface area contributed by atoms with Crippen molar-refractivity contribution >= 4 is 0 Å². The van der Waals surface area contributed by atoms with E-state index in [1.807, 2.05) is 0 Å². The Kier molecular flexibility index (Phi) is 12.0. The molecule has 138 valence electrons. The lowest BCUT2D eigenvalue weighted by Gasteiger charge is -2.39. The van der Waals surface area contributed by atoms with Crippen LogP contribution in [0.4, 0.5) is 0 Å². The van der Waals surface area contributed by atoms with Crippen molar-refractivity contribution in [2.24, 2.45) is 5.92 Å². The third-order valence-corrected chi connectivity index (χ3v) is 4.52. The van der Waals surface area contributed by atoms with E-state index in [9.17, 15) is 5.11 Å². The molecule has 4 nitrogen and oxygen atoms in total. The van der Waals surface area contributed by atoms with E-state index in [1.165, 1.54) is 0 Å². The molecule has 1 N–H and O–H groups in total. The highest BCUT2D eigenvalue weighted by Crippen LogP contribution is 2.30. The third kappa shape index (κ3) is 8.48. The molecule has 0 aromatic heterocycles. The van der Waals surface area contributed by atoms with Crippen LogP contribution in [0, 0.1) is 5.92 Å². The Balaban J connectivity index is 2.46. The summed E-state index contributed by atoms with van der Waals surface area (Å²) in [5.74, 6) is 0.375. The van der Waals surface area contributed by atoms with Gasteiger partial charge in [-0.05, 0) is 38.0 Å². The molecule has 0 spiro atoms. The molecule has 23 heavy (non-hydrogen) atoms. The van der Waals surface area contributed by atoms with Crippen LogP contribution < -0.4 is 0 Å². The first-order valence-electron chi connectivity index (χ1n) is 9.71. The highest BCUT2D eigenvalue weighted by atomic mass is 16.5. The lowest BCUT2D eigenvalue weighted by molar-refractivity contribution is -0.158. The predicted molar refractivity (Wildman–Crippen MR) is 93.8 cm³/mol. The van der Waals surface area contributed by atoms with Gasteiger partial charge in [0.1, 0.15) is 6.10 Å². The molecule has 0 aromatic carbocycles. The zero-order valence-electron chi connectivity index (χ0n) is 15.5. The van der Waals surface area contributed by atoms with Crippen LogP contribution in [0.5, 0.6) is 0 Å². The Morgan fingerprint density at radius 3 is 2.09 bits per heavy atom. The fraction of sp³-hybridized carbons (Fsp3) is 1.00. The van der Waals surface area contributed by atoms with Gasteiger partial charge in [0, 0.05) is 26.4 Å². The summed E-state index contributed by atoms with van der Waals surface area (Å²) in [7, 11) is 0. The minimum absolute atomic E-state index is 0.00179. The van der Waals surface area contributed by atoms with Crippen LogP contribution in [0.25, 0.3) is 0 Å². The van der Waals surface area contributed by atoms with Gasteiger partial charge >= 0.3 is 0 Å². The summed E-state index contributed by atoms with van der Waals surface area (Å²) in [6.45, 7) is 9.50. The molecule has 0 aliphatic heterocycles. The van der Waals surface area contributed by atoms with Crippen LogP contribution in [0.1, 0.15) is 72.1 Å². The minimum Gasteiger partial charge on any atom is -0.390 e. The van der Waals surface area contributed by atoms with Gasteiger partial charge in [0.25, 0.3) is 0 Å². The van der Waals surface area contributed by atoms with Crippen molar-refractivity contribution in [3.63, 3.8) is 0 Å².